The minimum atomic E-state index is 0.117. The lowest BCUT2D eigenvalue weighted by Gasteiger charge is -2.04. The zero-order valence-corrected chi connectivity index (χ0v) is 6.18. The van der Waals surface area contributed by atoms with Crippen molar-refractivity contribution in [2.75, 3.05) is 13.6 Å². The number of alkyl halides is 1. The van der Waals surface area contributed by atoms with Gasteiger partial charge in [0.15, 0.2) is 0 Å². The molecule has 1 aliphatic rings. The summed E-state index contributed by atoms with van der Waals surface area (Å²) in [7, 11) is 1.79. The van der Waals surface area contributed by atoms with E-state index >= 15 is 0 Å². The van der Waals surface area contributed by atoms with Crippen LogP contribution in [-0.4, -0.2) is 29.2 Å². The number of hydrogen-bond donors (Lipinski definition) is 0. The van der Waals surface area contributed by atoms with Crippen LogP contribution < -0.4 is 0 Å². The fourth-order valence-electron chi connectivity index (χ4n) is 0.686. The van der Waals surface area contributed by atoms with E-state index in [-0.39, 0.29) is 10.7 Å². The summed E-state index contributed by atoms with van der Waals surface area (Å²) < 4.78 is 0. The Hall–Kier alpha value is -0.0500. The van der Waals surface area contributed by atoms with Crippen LogP contribution in [0.25, 0.3) is 0 Å². The van der Waals surface area contributed by atoms with Crippen molar-refractivity contribution in [1.82, 2.24) is 4.90 Å². The van der Waals surface area contributed by atoms with E-state index < -0.39 is 0 Å². The Morgan fingerprint density at radius 2 is 2.62 bits per heavy atom. The Labute approximate surface area is 57.0 Å². The van der Waals surface area contributed by atoms with Gasteiger partial charge in [0.25, 0.3) is 0 Å². The second-order valence-electron chi connectivity index (χ2n) is 1.90. The number of carbonyl (C=O) groups is 1. The van der Waals surface area contributed by atoms with Gasteiger partial charge in [-0.2, -0.15) is 0 Å². The highest BCUT2D eigenvalue weighted by atomic mass is 79.9. The molecule has 1 saturated heterocycles. The third-order valence-electron chi connectivity index (χ3n) is 1.15. The van der Waals surface area contributed by atoms with E-state index in [1.165, 1.54) is 0 Å². The highest BCUT2D eigenvalue weighted by molar-refractivity contribution is 9.09. The summed E-state index contributed by atoms with van der Waals surface area (Å²) in [6.45, 7) is 0.804. The predicted molar refractivity (Wildman–Crippen MR) is 34.7 cm³/mol. The molecule has 0 aromatic heterocycles. The predicted octanol–water partition coefficient (Wildman–Crippen LogP) is 0.426. The largest absolute Gasteiger partial charge is 0.344 e. The molecule has 3 heteroatoms. The van der Waals surface area contributed by atoms with Gasteiger partial charge in [-0.05, 0) is 0 Å². The number of hydrogen-bond acceptors (Lipinski definition) is 1. The molecule has 0 aliphatic carbocycles. The fraction of sp³-hybridized carbons (Fsp3) is 0.600. The Bertz CT molecular complexity index is 115. The standard InChI is InChI=1S/C5H7BrNO/c1-7-3-4(6)2-5(7)8/h2,4H,3H2,1H3. The lowest BCUT2D eigenvalue weighted by Crippen LogP contribution is -2.18. The van der Waals surface area contributed by atoms with Crippen molar-refractivity contribution >= 4 is 21.8 Å². The van der Waals surface area contributed by atoms with Gasteiger partial charge in [0.1, 0.15) is 0 Å². The number of rotatable bonds is 0. The topological polar surface area (TPSA) is 20.3 Å². The van der Waals surface area contributed by atoms with Crippen LogP contribution >= 0.6 is 15.9 Å². The normalized spacial score (nSPS) is 29.5. The summed E-state index contributed by atoms with van der Waals surface area (Å²) in [5.41, 5.74) is 0. The summed E-state index contributed by atoms with van der Waals surface area (Å²) in [4.78, 5) is 12.6. The molecule has 0 spiro atoms. The van der Waals surface area contributed by atoms with Crippen molar-refractivity contribution in [2.45, 2.75) is 4.83 Å². The van der Waals surface area contributed by atoms with E-state index in [1.54, 1.807) is 18.4 Å². The molecule has 0 saturated carbocycles. The highest BCUT2D eigenvalue weighted by Gasteiger charge is 2.24. The lowest BCUT2D eigenvalue weighted by atomic mass is 10.4. The molecule has 1 rings (SSSR count). The number of likely N-dealkylation sites (tertiary alicyclic amines) is 1. The zero-order chi connectivity index (χ0) is 6.15. The van der Waals surface area contributed by atoms with Gasteiger partial charge < -0.3 is 4.90 Å². The van der Waals surface area contributed by atoms with Crippen molar-refractivity contribution in [3.05, 3.63) is 6.42 Å². The van der Waals surface area contributed by atoms with Crippen LogP contribution in [0, 0.1) is 6.42 Å². The van der Waals surface area contributed by atoms with E-state index in [1.807, 2.05) is 0 Å². The van der Waals surface area contributed by atoms with Gasteiger partial charge in [-0.3, -0.25) is 4.79 Å². The molecule has 1 heterocycles. The van der Waals surface area contributed by atoms with Crippen molar-refractivity contribution in [1.29, 1.82) is 0 Å². The highest BCUT2D eigenvalue weighted by Crippen LogP contribution is 2.14. The second kappa shape index (κ2) is 2.05. The summed E-state index contributed by atoms with van der Waals surface area (Å²) >= 11 is 3.30. The molecule has 2 nitrogen and oxygen atoms in total. The van der Waals surface area contributed by atoms with Gasteiger partial charge in [-0.25, -0.2) is 0 Å². The molecule has 1 radical (unpaired) electrons. The van der Waals surface area contributed by atoms with Crippen LogP contribution in [0.1, 0.15) is 0 Å². The van der Waals surface area contributed by atoms with Crippen molar-refractivity contribution in [3.8, 4) is 0 Å². The Balaban J connectivity index is 2.51. The third-order valence-corrected chi connectivity index (χ3v) is 1.70. The average Bonchev–Trinajstić information content (AvgIpc) is 1.85. The van der Waals surface area contributed by atoms with Gasteiger partial charge >= 0.3 is 0 Å². The quantitative estimate of drug-likeness (QED) is 0.491. The number of nitrogens with zero attached hydrogens (tertiary/aromatic N) is 1. The Morgan fingerprint density at radius 1 is 2.00 bits per heavy atom. The van der Waals surface area contributed by atoms with E-state index in [9.17, 15) is 4.79 Å². The van der Waals surface area contributed by atoms with Crippen LogP contribution in [0.4, 0.5) is 0 Å². The first-order valence-corrected chi connectivity index (χ1v) is 3.36. The number of carbonyl (C=O) groups excluding carboxylic acids is 1. The van der Waals surface area contributed by atoms with Gasteiger partial charge in [0, 0.05) is 18.4 Å². The van der Waals surface area contributed by atoms with Gasteiger partial charge in [-0.1, -0.05) is 15.9 Å². The van der Waals surface area contributed by atoms with E-state index in [0.29, 0.717) is 0 Å². The second-order valence-corrected chi connectivity index (χ2v) is 3.08. The van der Waals surface area contributed by atoms with E-state index in [4.69, 9.17) is 0 Å². The first-order valence-electron chi connectivity index (χ1n) is 2.44. The SMILES string of the molecule is CN1CC(Br)[CH]C1=O. The molecule has 0 aromatic rings. The minimum Gasteiger partial charge on any atom is -0.344 e. The van der Waals surface area contributed by atoms with Crippen LogP contribution in [-0.2, 0) is 4.79 Å². The zero-order valence-electron chi connectivity index (χ0n) is 4.60. The van der Waals surface area contributed by atoms with Gasteiger partial charge in [0.2, 0.25) is 5.91 Å². The van der Waals surface area contributed by atoms with E-state index in [2.05, 4.69) is 15.9 Å². The van der Waals surface area contributed by atoms with Crippen LogP contribution in [0.3, 0.4) is 0 Å². The Kier molecular flexibility index (Phi) is 1.56. The molecule has 1 amide bonds. The van der Waals surface area contributed by atoms with Gasteiger partial charge in [-0.15, -0.1) is 0 Å². The van der Waals surface area contributed by atoms with Crippen LogP contribution in [0.15, 0.2) is 0 Å². The Morgan fingerprint density at radius 3 is 2.75 bits per heavy atom. The summed E-state index contributed by atoms with van der Waals surface area (Å²) in [6.07, 6.45) is 1.67. The average molecular weight is 177 g/mol. The molecule has 1 fully saturated rings. The molecule has 1 atom stereocenters. The molecule has 45 valence electrons. The monoisotopic (exact) mass is 176 g/mol. The first kappa shape index (κ1) is 6.08. The molecule has 1 unspecified atom stereocenters. The summed E-state index contributed by atoms with van der Waals surface area (Å²) in [5, 5.41) is 0. The molecule has 0 bridgehead atoms. The van der Waals surface area contributed by atoms with Gasteiger partial charge in [0.05, 0.1) is 6.42 Å². The summed E-state index contributed by atoms with van der Waals surface area (Å²) in [5.74, 6) is 0.117. The smallest absolute Gasteiger partial charge is 0.227 e. The first-order chi connectivity index (χ1) is 3.70. The maximum atomic E-state index is 10.6. The molecule has 1 aliphatic heterocycles. The van der Waals surface area contributed by atoms with Crippen molar-refractivity contribution < 1.29 is 4.79 Å². The third kappa shape index (κ3) is 1.02. The fourth-order valence-corrected chi connectivity index (χ4v) is 1.35. The number of amides is 1. The summed E-state index contributed by atoms with van der Waals surface area (Å²) in [6, 6.07) is 0. The maximum absolute atomic E-state index is 10.6. The maximum Gasteiger partial charge on any atom is 0.227 e. The molecule has 8 heavy (non-hydrogen) atoms. The lowest BCUT2D eigenvalue weighted by molar-refractivity contribution is -0.123. The molecule has 0 N–H and O–H groups in total. The van der Waals surface area contributed by atoms with Crippen LogP contribution in [0.5, 0.6) is 0 Å². The van der Waals surface area contributed by atoms with E-state index in [0.717, 1.165) is 6.54 Å². The molecular weight excluding hydrogens is 170 g/mol. The minimum absolute atomic E-state index is 0.117. The van der Waals surface area contributed by atoms with Crippen LogP contribution in [0.2, 0.25) is 0 Å². The molecular formula is C5H7BrNO. The van der Waals surface area contributed by atoms with Crippen molar-refractivity contribution in [3.63, 3.8) is 0 Å². The molecule has 0 aromatic carbocycles. The number of halogens is 1. The van der Waals surface area contributed by atoms with Crippen molar-refractivity contribution in [2.24, 2.45) is 0 Å².